The maximum atomic E-state index is 12.0. The first-order chi connectivity index (χ1) is 12.1. The van der Waals surface area contributed by atoms with E-state index in [2.05, 4.69) is 30.7 Å². The van der Waals surface area contributed by atoms with E-state index < -0.39 is 0 Å². The maximum absolute atomic E-state index is 12.0. The number of ether oxygens (including phenoxy) is 1. The second-order valence-electron chi connectivity index (χ2n) is 6.67. The lowest BCUT2D eigenvalue weighted by atomic mass is 10.3. The first-order valence-electron chi connectivity index (χ1n) is 8.79. The number of fused-ring (bicyclic) bond motifs is 1. The number of amides is 1. The summed E-state index contributed by atoms with van der Waals surface area (Å²) >= 11 is 0. The van der Waals surface area contributed by atoms with Crippen molar-refractivity contribution in [1.82, 2.24) is 24.5 Å². The molecule has 1 amide bonds. The standard InChI is InChI=1S/C18H27N5O2/c1-15(14-25-2)19-18(24)13-22-9-7-21(8-10-22)11-16-12-23-6-4-3-5-17(23)20-16/h3-6,12,15H,7-11,13-14H2,1-2H3,(H,19,24)/t15-/m0/s1. The Morgan fingerprint density at radius 1 is 1.28 bits per heavy atom. The molecular weight excluding hydrogens is 318 g/mol. The molecular formula is C18H27N5O2. The molecule has 1 aliphatic rings. The molecule has 3 heterocycles. The van der Waals surface area contributed by atoms with Gasteiger partial charge in [0, 0.05) is 58.3 Å². The summed E-state index contributed by atoms with van der Waals surface area (Å²) in [6.07, 6.45) is 4.11. The number of imidazole rings is 1. The average Bonchev–Trinajstić information content (AvgIpc) is 2.99. The number of rotatable bonds is 7. The smallest absolute Gasteiger partial charge is 0.234 e. The number of hydrogen-bond donors (Lipinski definition) is 1. The number of nitrogens with one attached hydrogen (secondary N) is 1. The number of piperazine rings is 1. The van der Waals surface area contributed by atoms with Crippen LogP contribution in [0.3, 0.4) is 0 Å². The molecule has 0 saturated carbocycles. The third kappa shape index (κ3) is 5.01. The summed E-state index contributed by atoms with van der Waals surface area (Å²) in [6.45, 7) is 7.51. The lowest BCUT2D eigenvalue weighted by Crippen LogP contribution is -2.50. The summed E-state index contributed by atoms with van der Waals surface area (Å²) in [5.74, 6) is 0.0679. The first-order valence-corrected chi connectivity index (χ1v) is 8.79. The van der Waals surface area contributed by atoms with Crippen LogP contribution in [-0.2, 0) is 16.1 Å². The molecule has 2 aromatic heterocycles. The molecule has 1 fully saturated rings. The molecule has 0 spiro atoms. The van der Waals surface area contributed by atoms with E-state index in [1.165, 1.54) is 0 Å². The highest BCUT2D eigenvalue weighted by Crippen LogP contribution is 2.10. The average molecular weight is 345 g/mol. The third-order valence-electron chi connectivity index (χ3n) is 4.46. The van der Waals surface area contributed by atoms with Crippen molar-refractivity contribution >= 4 is 11.6 Å². The van der Waals surface area contributed by atoms with E-state index in [-0.39, 0.29) is 11.9 Å². The van der Waals surface area contributed by atoms with Crippen molar-refractivity contribution in [3.05, 3.63) is 36.3 Å². The summed E-state index contributed by atoms with van der Waals surface area (Å²) in [7, 11) is 1.64. The molecule has 1 aliphatic heterocycles. The molecule has 0 aliphatic carbocycles. The number of methoxy groups -OCH3 is 1. The van der Waals surface area contributed by atoms with Gasteiger partial charge in [0.25, 0.3) is 0 Å². The molecule has 1 atom stereocenters. The Balaban J connectivity index is 1.43. The van der Waals surface area contributed by atoms with E-state index in [1.807, 2.05) is 31.3 Å². The van der Waals surface area contributed by atoms with Gasteiger partial charge in [-0.05, 0) is 19.1 Å². The van der Waals surface area contributed by atoms with Crippen LogP contribution >= 0.6 is 0 Å². The monoisotopic (exact) mass is 345 g/mol. The molecule has 7 heteroatoms. The van der Waals surface area contributed by atoms with E-state index in [1.54, 1.807) is 7.11 Å². The number of nitrogens with zero attached hydrogens (tertiary/aromatic N) is 4. The van der Waals surface area contributed by atoms with E-state index in [0.29, 0.717) is 13.2 Å². The van der Waals surface area contributed by atoms with Crippen LogP contribution in [0.5, 0.6) is 0 Å². The Hall–Kier alpha value is -1.96. The van der Waals surface area contributed by atoms with Crippen LogP contribution in [0.25, 0.3) is 5.65 Å². The SMILES string of the molecule is COC[C@H](C)NC(=O)CN1CCN(Cc2cn3ccccc3n2)CC1. The molecule has 0 radical (unpaired) electrons. The zero-order chi connectivity index (χ0) is 17.6. The van der Waals surface area contributed by atoms with Gasteiger partial charge in [0.2, 0.25) is 5.91 Å². The highest BCUT2D eigenvalue weighted by Gasteiger charge is 2.20. The normalized spacial score (nSPS) is 17.7. The minimum Gasteiger partial charge on any atom is -0.383 e. The predicted molar refractivity (Wildman–Crippen MR) is 96.4 cm³/mol. The van der Waals surface area contributed by atoms with Gasteiger partial charge >= 0.3 is 0 Å². The quantitative estimate of drug-likeness (QED) is 0.796. The van der Waals surface area contributed by atoms with Crippen molar-refractivity contribution in [1.29, 1.82) is 0 Å². The van der Waals surface area contributed by atoms with Crippen LogP contribution in [0.4, 0.5) is 0 Å². The van der Waals surface area contributed by atoms with Gasteiger partial charge in [-0.15, -0.1) is 0 Å². The second kappa shape index (κ2) is 8.42. The Morgan fingerprint density at radius 2 is 2.04 bits per heavy atom. The van der Waals surface area contributed by atoms with Crippen LogP contribution in [-0.4, -0.2) is 77.6 Å². The van der Waals surface area contributed by atoms with Gasteiger partial charge in [-0.2, -0.15) is 0 Å². The zero-order valence-electron chi connectivity index (χ0n) is 15.0. The molecule has 2 aromatic rings. The minimum atomic E-state index is 0.0498. The minimum absolute atomic E-state index is 0.0498. The summed E-state index contributed by atoms with van der Waals surface area (Å²) in [6, 6.07) is 6.08. The first kappa shape index (κ1) is 17.8. The molecule has 136 valence electrons. The third-order valence-corrected chi connectivity index (χ3v) is 4.46. The van der Waals surface area contributed by atoms with Crippen LogP contribution < -0.4 is 5.32 Å². The fraction of sp³-hybridized carbons (Fsp3) is 0.556. The van der Waals surface area contributed by atoms with Crippen molar-refractivity contribution in [2.24, 2.45) is 0 Å². The van der Waals surface area contributed by atoms with E-state index in [4.69, 9.17) is 4.74 Å². The van der Waals surface area contributed by atoms with Crippen LogP contribution in [0.2, 0.25) is 0 Å². The Labute approximate surface area is 148 Å². The van der Waals surface area contributed by atoms with Crippen LogP contribution in [0, 0.1) is 0 Å². The molecule has 0 unspecified atom stereocenters. The fourth-order valence-corrected chi connectivity index (χ4v) is 3.21. The summed E-state index contributed by atoms with van der Waals surface area (Å²) < 4.78 is 7.10. The molecule has 25 heavy (non-hydrogen) atoms. The lowest BCUT2D eigenvalue weighted by Gasteiger charge is -2.34. The van der Waals surface area contributed by atoms with E-state index >= 15 is 0 Å². The van der Waals surface area contributed by atoms with Gasteiger partial charge in [0.1, 0.15) is 5.65 Å². The van der Waals surface area contributed by atoms with Gasteiger partial charge in [-0.3, -0.25) is 14.6 Å². The van der Waals surface area contributed by atoms with Crippen molar-refractivity contribution in [3.63, 3.8) is 0 Å². The number of carbonyl (C=O) groups is 1. The summed E-state index contributed by atoms with van der Waals surface area (Å²) in [4.78, 5) is 21.3. The highest BCUT2D eigenvalue weighted by atomic mass is 16.5. The molecule has 3 rings (SSSR count). The van der Waals surface area contributed by atoms with Gasteiger partial charge < -0.3 is 14.5 Å². The topological polar surface area (TPSA) is 62.1 Å². The maximum Gasteiger partial charge on any atom is 0.234 e. The number of carbonyl (C=O) groups excluding carboxylic acids is 1. The largest absolute Gasteiger partial charge is 0.383 e. The number of aromatic nitrogens is 2. The highest BCUT2D eigenvalue weighted by molar-refractivity contribution is 5.78. The van der Waals surface area contributed by atoms with Gasteiger partial charge in [-0.25, -0.2) is 4.98 Å². The van der Waals surface area contributed by atoms with Crippen molar-refractivity contribution < 1.29 is 9.53 Å². The van der Waals surface area contributed by atoms with Gasteiger partial charge in [0.05, 0.1) is 18.8 Å². The lowest BCUT2D eigenvalue weighted by molar-refractivity contribution is -0.123. The summed E-state index contributed by atoms with van der Waals surface area (Å²) in [5, 5.41) is 2.96. The molecule has 0 bridgehead atoms. The number of hydrogen-bond acceptors (Lipinski definition) is 5. The van der Waals surface area contributed by atoms with Crippen LogP contribution in [0.15, 0.2) is 30.6 Å². The summed E-state index contributed by atoms with van der Waals surface area (Å²) in [5.41, 5.74) is 2.07. The molecule has 0 aromatic carbocycles. The predicted octanol–water partition coefficient (Wildman–Crippen LogP) is 0.603. The Morgan fingerprint density at radius 3 is 2.76 bits per heavy atom. The van der Waals surface area contributed by atoms with Crippen LogP contribution in [0.1, 0.15) is 12.6 Å². The number of pyridine rings is 1. The molecule has 7 nitrogen and oxygen atoms in total. The van der Waals surface area contributed by atoms with Crippen molar-refractivity contribution in [3.8, 4) is 0 Å². The second-order valence-corrected chi connectivity index (χ2v) is 6.67. The Kier molecular flexibility index (Phi) is 6.01. The zero-order valence-corrected chi connectivity index (χ0v) is 15.0. The molecule has 1 saturated heterocycles. The molecule has 1 N–H and O–H groups in total. The Bertz CT molecular complexity index is 661. The van der Waals surface area contributed by atoms with Crippen molar-refractivity contribution in [2.75, 3.05) is 46.4 Å². The van der Waals surface area contributed by atoms with E-state index in [9.17, 15) is 4.79 Å². The van der Waals surface area contributed by atoms with Crippen molar-refractivity contribution in [2.45, 2.75) is 19.5 Å². The van der Waals surface area contributed by atoms with Gasteiger partial charge in [-0.1, -0.05) is 6.07 Å². The van der Waals surface area contributed by atoms with E-state index in [0.717, 1.165) is 44.1 Å². The fourth-order valence-electron chi connectivity index (χ4n) is 3.21. The van der Waals surface area contributed by atoms with Gasteiger partial charge in [0.15, 0.2) is 0 Å².